The summed E-state index contributed by atoms with van der Waals surface area (Å²) in [6.45, 7) is 0. The number of hydrogen-bond acceptors (Lipinski definition) is 8. The van der Waals surface area contributed by atoms with Gasteiger partial charge in [-0.1, -0.05) is 340 Å². The minimum Gasteiger partial charge on any atom is -0.256 e. The molecule has 28 aromatic rings. The fourth-order valence-corrected chi connectivity index (χ4v) is 24.4. The molecule has 0 atom stereocenters. The first-order valence-corrected chi connectivity index (χ1v) is 47.8. The Balaban J connectivity index is 0.0000000945. The van der Waals surface area contributed by atoms with Crippen LogP contribution in [0, 0.1) is 0 Å². The van der Waals surface area contributed by atoms with Crippen LogP contribution in [0.3, 0.4) is 0 Å². The van der Waals surface area contributed by atoms with Crippen molar-refractivity contribution in [3.8, 4) is 89.0 Å². The summed E-state index contributed by atoms with van der Waals surface area (Å²) in [6.07, 6.45) is 7.54. The summed E-state index contributed by atoms with van der Waals surface area (Å²) in [6, 6.07) is 158. The maximum absolute atomic E-state index is 4.75. The van der Waals surface area contributed by atoms with E-state index in [1.54, 1.807) is 0 Å². The minimum absolute atomic E-state index is 1.06. The van der Waals surface area contributed by atoms with Crippen molar-refractivity contribution in [3.63, 3.8) is 0 Å². The molecule has 0 spiro atoms. The zero-order valence-corrected chi connectivity index (χ0v) is 74.6. The molecule has 0 aliphatic rings. The molecule has 0 bridgehead atoms. The van der Waals surface area contributed by atoms with Crippen LogP contribution < -0.4 is 0 Å². The van der Waals surface area contributed by atoms with Crippen molar-refractivity contribution in [2.24, 2.45) is 0 Å². The van der Waals surface area contributed by atoms with Crippen LogP contribution in [0.15, 0.2) is 462 Å². The van der Waals surface area contributed by atoms with Crippen LogP contribution >= 0.6 is 45.3 Å². The summed E-state index contributed by atoms with van der Waals surface area (Å²) in [5.41, 5.74) is 24.0. The molecule has 132 heavy (non-hydrogen) atoms. The van der Waals surface area contributed by atoms with Crippen molar-refractivity contribution in [3.05, 3.63) is 462 Å². The third kappa shape index (κ3) is 14.0. The molecule has 0 saturated carbocycles. The Morgan fingerprint density at radius 3 is 0.795 bits per heavy atom. The van der Waals surface area contributed by atoms with E-state index in [1.807, 2.05) is 94.4 Å². The zero-order chi connectivity index (χ0) is 87.1. The Morgan fingerprint density at radius 1 is 0.129 bits per heavy atom. The lowest BCUT2D eigenvalue weighted by Gasteiger charge is -2.12. The van der Waals surface area contributed by atoms with E-state index in [2.05, 4.69) is 413 Å². The molecule has 28 rings (SSSR count). The minimum atomic E-state index is 1.06. The van der Waals surface area contributed by atoms with Gasteiger partial charge in [0.15, 0.2) is 0 Å². The molecular formula is C124H76N4S4. The predicted octanol–water partition coefficient (Wildman–Crippen LogP) is 36.4. The Hall–Kier alpha value is -16.0. The molecule has 0 aliphatic carbocycles. The molecule has 4 nitrogen and oxygen atoms in total. The van der Waals surface area contributed by atoms with E-state index < -0.39 is 0 Å². The van der Waals surface area contributed by atoms with Gasteiger partial charge in [0, 0.05) is 149 Å². The first kappa shape index (κ1) is 78.2. The van der Waals surface area contributed by atoms with E-state index in [-0.39, 0.29) is 0 Å². The smallest absolute Gasteiger partial charge is 0.0786 e. The molecule has 616 valence electrons. The Morgan fingerprint density at radius 2 is 0.379 bits per heavy atom. The van der Waals surface area contributed by atoms with Gasteiger partial charge in [0.25, 0.3) is 0 Å². The topological polar surface area (TPSA) is 51.6 Å². The van der Waals surface area contributed by atoms with Gasteiger partial charge in [-0.15, -0.1) is 45.3 Å². The van der Waals surface area contributed by atoms with Gasteiger partial charge in [-0.25, -0.2) is 0 Å². The summed E-state index contributed by atoms with van der Waals surface area (Å²) in [7, 11) is 0. The lowest BCUT2D eigenvalue weighted by Crippen LogP contribution is -1.87. The summed E-state index contributed by atoms with van der Waals surface area (Å²) in [5.74, 6) is 0. The van der Waals surface area contributed by atoms with E-state index in [0.717, 1.165) is 22.1 Å². The molecule has 0 N–H and O–H groups in total. The number of nitrogens with zero attached hydrogens (tertiary/aromatic N) is 4. The molecule has 0 unspecified atom stereocenters. The van der Waals surface area contributed by atoms with Crippen molar-refractivity contribution in [2.75, 3.05) is 0 Å². The van der Waals surface area contributed by atoms with Crippen LogP contribution in [-0.4, -0.2) is 19.9 Å². The summed E-state index contributed by atoms with van der Waals surface area (Å²) < 4.78 is 10.7. The third-order valence-corrected chi connectivity index (χ3v) is 30.6. The van der Waals surface area contributed by atoms with Gasteiger partial charge >= 0.3 is 0 Å². The lowest BCUT2D eigenvalue weighted by atomic mass is 9.93. The van der Waals surface area contributed by atoms with Gasteiger partial charge in [-0.05, 0) is 208 Å². The van der Waals surface area contributed by atoms with E-state index in [9.17, 15) is 0 Å². The summed E-state index contributed by atoms with van der Waals surface area (Å²) in [5, 5.41) is 25.1. The summed E-state index contributed by atoms with van der Waals surface area (Å²) in [4.78, 5) is 18.9. The largest absolute Gasteiger partial charge is 0.256 e. The fourth-order valence-electron chi connectivity index (χ4n) is 19.9. The van der Waals surface area contributed by atoms with Crippen molar-refractivity contribution in [1.82, 2.24) is 19.9 Å². The molecule has 0 radical (unpaired) electrons. The highest BCUT2D eigenvalue weighted by atomic mass is 32.1. The first-order chi connectivity index (χ1) is 65.4. The number of aromatic nitrogens is 4. The van der Waals surface area contributed by atoms with Crippen molar-refractivity contribution < 1.29 is 0 Å². The second kappa shape index (κ2) is 33.2. The highest BCUT2D eigenvalue weighted by Gasteiger charge is 2.20. The molecular weight excluding hydrogens is 1670 g/mol. The molecule has 0 saturated heterocycles. The number of rotatable bonds is 8. The van der Waals surface area contributed by atoms with Gasteiger partial charge in [0.1, 0.15) is 0 Å². The number of fused-ring (bicyclic) bond motifs is 24. The van der Waals surface area contributed by atoms with E-state index in [1.165, 1.54) is 234 Å². The highest BCUT2D eigenvalue weighted by Crippen LogP contribution is 2.47. The Bertz CT molecular complexity index is 9460. The van der Waals surface area contributed by atoms with Crippen LogP contribution in [0.25, 0.3) is 256 Å². The molecule has 0 fully saturated rings. The van der Waals surface area contributed by atoms with E-state index in [0.29, 0.717) is 0 Å². The predicted molar refractivity (Wildman–Crippen MR) is 572 cm³/mol. The van der Waals surface area contributed by atoms with Crippen LogP contribution in [0.5, 0.6) is 0 Å². The lowest BCUT2D eigenvalue weighted by molar-refractivity contribution is 1.43. The van der Waals surface area contributed by atoms with Crippen molar-refractivity contribution >= 4 is 213 Å². The van der Waals surface area contributed by atoms with Crippen molar-refractivity contribution in [1.29, 1.82) is 0 Å². The molecule has 0 amide bonds. The monoisotopic (exact) mass is 1750 g/mol. The SMILES string of the molecule is c1cc(-c2ccc3c(c2)sc2ccccc23)cc(-c2cccc3ccc4cccnc4c23)c1.c1cc(-c2ccc3sc4ccccc4c3c2)cc(-c2cccc3ccc4cccnc4c23)c1.c1cc(-c2cccc3sc4ccccc4c23)cc(-c2cccc3ccc4cccnc4c23)c1.c1cnc2c(c1)ccc1cccc(-c3ccc(-c4cccc5sc6ccccc6c45)cc3)c12. The molecule has 20 aromatic carbocycles. The maximum atomic E-state index is 4.75. The second-order valence-electron chi connectivity index (χ2n) is 33.7. The standard InChI is InChI=1S/4C31H19NS/c1-2-14-27-26(11-1)30-25(13-5-15-28(30)33-27)23-9-3-8-22(19-23)24-12-4-7-20-16-17-21-10-6-18-32-31(21)29(20)24;1-2-12-28-26(10-1)27-19-23(15-16-29(27)33-28)22-7-3-8-24(18-22)25-11-4-6-20-13-14-21-9-5-17-32-31(21)30(20)25;1-2-12-28-26(10-1)27-16-15-23(19-29(27)33-28)22-7-3-8-24(18-22)25-11-4-6-20-13-14-21-9-5-17-32-31(21)30(20)25;1-2-11-27-26(8-1)30-25(10-4-12-28(30)33-27)21-15-13-20(14-16-21)24-9-3-6-22-17-18-23-7-5-19-32-31(23)29(22)24/h4*1-19H. The fraction of sp³-hybridized carbons (Fsp3) is 0. The van der Waals surface area contributed by atoms with E-state index >= 15 is 0 Å². The Labute approximate surface area is 776 Å². The van der Waals surface area contributed by atoms with Gasteiger partial charge in [-0.3, -0.25) is 19.9 Å². The van der Waals surface area contributed by atoms with Crippen LogP contribution in [0.2, 0.25) is 0 Å². The maximum Gasteiger partial charge on any atom is 0.0786 e. The van der Waals surface area contributed by atoms with E-state index in [4.69, 9.17) is 19.9 Å². The van der Waals surface area contributed by atoms with Crippen LogP contribution in [0.4, 0.5) is 0 Å². The molecule has 8 aromatic heterocycles. The quantitative estimate of drug-likeness (QED) is 0.142. The van der Waals surface area contributed by atoms with Crippen LogP contribution in [-0.2, 0) is 0 Å². The van der Waals surface area contributed by atoms with Gasteiger partial charge < -0.3 is 0 Å². The Kier molecular flexibility index (Phi) is 19.7. The number of pyridine rings is 4. The zero-order valence-electron chi connectivity index (χ0n) is 71.3. The van der Waals surface area contributed by atoms with Crippen LogP contribution in [0.1, 0.15) is 0 Å². The normalized spacial score (nSPS) is 11.6. The number of hydrogen-bond donors (Lipinski definition) is 0. The average molecular weight is 1750 g/mol. The third-order valence-electron chi connectivity index (χ3n) is 26.0. The second-order valence-corrected chi connectivity index (χ2v) is 38.0. The number of thiophene rings is 4. The highest BCUT2D eigenvalue weighted by molar-refractivity contribution is 7.27. The molecule has 0 aliphatic heterocycles. The van der Waals surface area contributed by atoms with Gasteiger partial charge in [-0.2, -0.15) is 0 Å². The molecule has 8 heterocycles. The van der Waals surface area contributed by atoms with Crippen molar-refractivity contribution in [2.45, 2.75) is 0 Å². The average Bonchev–Trinajstić information content (AvgIpc) is 1.62. The van der Waals surface area contributed by atoms with Gasteiger partial charge in [0.2, 0.25) is 0 Å². The number of benzene rings is 20. The first-order valence-electron chi connectivity index (χ1n) is 44.6. The van der Waals surface area contributed by atoms with Gasteiger partial charge in [0.05, 0.1) is 22.1 Å². The summed E-state index contributed by atoms with van der Waals surface area (Å²) >= 11 is 7.46. The molecule has 8 heteroatoms.